The first kappa shape index (κ1) is 18.7. The molecule has 0 spiro atoms. The highest BCUT2D eigenvalue weighted by Crippen LogP contribution is 2.25. The van der Waals surface area contributed by atoms with E-state index in [1.54, 1.807) is 36.5 Å². The number of pyridine rings is 1. The van der Waals surface area contributed by atoms with E-state index in [0.29, 0.717) is 34.4 Å². The number of nitrogens with one attached hydrogen (secondary N) is 1. The number of nitrogens with zero attached hydrogens (tertiary/aromatic N) is 2. The highest BCUT2D eigenvalue weighted by Gasteiger charge is 2.12. The van der Waals surface area contributed by atoms with Gasteiger partial charge in [-0.15, -0.1) is 0 Å². The van der Waals surface area contributed by atoms with Crippen molar-refractivity contribution in [2.75, 3.05) is 5.32 Å². The number of carbonyl (C=O) groups excluding carboxylic acids is 1. The summed E-state index contributed by atoms with van der Waals surface area (Å²) in [6.07, 6.45) is 1.68. The number of hydrogen-bond acceptors (Lipinski definition) is 5. The van der Waals surface area contributed by atoms with Gasteiger partial charge in [0.05, 0.1) is 0 Å². The Kier molecular flexibility index (Phi) is 4.99. The average Bonchev–Trinajstić information content (AvgIpc) is 3.14. The van der Waals surface area contributed by atoms with E-state index in [9.17, 15) is 4.79 Å². The molecule has 0 radical (unpaired) electrons. The number of anilines is 1. The van der Waals surface area contributed by atoms with Crippen molar-refractivity contribution < 1.29 is 13.9 Å². The van der Waals surface area contributed by atoms with Crippen molar-refractivity contribution in [1.29, 1.82) is 0 Å². The number of aromatic nitrogens is 2. The lowest BCUT2D eigenvalue weighted by atomic mass is 10.2. The molecule has 0 atom stereocenters. The Labute approximate surface area is 168 Å². The fraction of sp³-hybridized carbons (Fsp3) is 0.174. The molecule has 2 heterocycles. The number of benzene rings is 2. The number of amides is 1. The summed E-state index contributed by atoms with van der Waals surface area (Å²) in [5.74, 6) is 1.84. The minimum Gasteiger partial charge on any atom is -0.440 e. The first-order chi connectivity index (χ1) is 14.0. The third-order valence-corrected chi connectivity index (χ3v) is 4.45. The van der Waals surface area contributed by atoms with Crippen LogP contribution in [0, 0.1) is 6.92 Å². The molecule has 1 N–H and O–H groups in total. The van der Waals surface area contributed by atoms with Gasteiger partial charge in [-0.05, 0) is 55.5 Å². The van der Waals surface area contributed by atoms with Crippen LogP contribution >= 0.6 is 0 Å². The van der Waals surface area contributed by atoms with Crippen molar-refractivity contribution in [3.63, 3.8) is 0 Å². The summed E-state index contributed by atoms with van der Waals surface area (Å²) in [6.45, 7) is 5.98. The quantitative estimate of drug-likeness (QED) is 0.475. The molecule has 29 heavy (non-hydrogen) atoms. The predicted molar refractivity (Wildman–Crippen MR) is 112 cm³/mol. The molecule has 0 bridgehead atoms. The molecular formula is C23H21N3O3. The van der Waals surface area contributed by atoms with Crippen LogP contribution in [0.3, 0.4) is 0 Å². The van der Waals surface area contributed by atoms with Gasteiger partial charge in [0.15, 0.2) is 11.5 Å². The van der Waals surface area contributed by atoms with Gasteiger partial charge in [0.2, 0.25) is 5.88 Å². The van der Waals surface area contributed by atoms with Gasteiger partial charge in [-0.1, -0.05) is 19.9 Å². The summed E-state index contributed by atoms with van der Waals surface area (Å²) < 4.78 is 11.5. The molecule has 0 unspecified atom stereocenters. The number of rotatable bonds is 5. The van der Waals surface area contributed by atoms with E-state index in [4.69, 9.17) is 9.15 Å². The zero-order valence-corrected chi connectivity index (χ0v) is 16.5. The van der Waals surface area contributed by atoms with Crippen LogP contribution in [-0.2, 0) is 0 Å². The smallest absolute Gasteiger partial charge is 0.255 e. The number of fused-ring (bicyclic) bond motifs is 1. The van der Waals surface area contributed by atoms with E-state index in [1.807, 2.05) is 45.0 Å². The van der Waals surface area contributed by atoms with Crippen LogP contribution in [0.1, 0.15) is 41.6 Å². The van der Waals surface area contributed by atoms with E-state index >= 15 is 0 Å². The van der Waals surface area contributed by atoms with Crippen LogP contribution in [0.2, 0.25) is 0 Å². The van der Waals surface area contributed by atoms with Crippen molar-refractivity contribution in [2.45, 2.75) is 26.7 Å². The molecule has 0 aliphatic rings. The van der Waals surface area contributed by atoms with E-state index in [1.165, 1.54) is 0 Å². The molecule has 6 nitrogen and oxygen atoms in total. The van der Waals surface area contributed by atoms with Crippen LogP contribution in [-0.4, -0.2) is 15.9 Å². The maximum atomic E-state index is 12.6. The molecule has 0 saturated heterocycles. The summed E-state index contributed by atoms with van der Waals surface area (Å²) >= 11 is 0. The van der Waals surface area contributed by atoms with Gasteiger partial charge in [0.1, 0.15) is 11.3 Å². The highest BCUT2D eigenvalue weighted by molar-refractivity contribution is 6.05. The summed E-state index contributed by atoms with van der Waals surface area (Å²) in [5.41, 5.74) is 3.56. The lowest BCUT2D eigenvalue weighted by Crippen LogP contribution is -2.11. The Morgan fingerprint density at radius 1 is 1.10 bits per heavy atom. The maximum absolute atomic E-state index is 12.6. The molecule has 0 fully saturated rings. The minimum atomic E-state index is -0.211. The monoisotopic (exact) mass is 387 g/mol. The zero-order chi connectivity index (χ0) is 20.4. The highest BCUT2D eigenvalue weighted by atomic mass is 16.5. The molecule has 6 heteroatoms. The second kappa shape index (κ2) is 7.75. The van der Waals surface area contributed by atoms with E-state index in [-0.39, 0.29) is 11.8 Å². The first-order valence-corrected chi connectivity index (χ1v) is 9.41. The molecule has 0 aliphatic carbocycles. The average molecular weight is 387 g/mol. The molecular weight excluding hydrogens is 366 g/mol. The first-order valence-electron chi connectivity index (χ1n) is 9.41. The van der Waals surface area contributed by atoms with E-state index in [2.05, 4.69) is 15.3 Å². The second-order valence-corrected chi connectivity index (χ2v) is 7.10. The fourth-order valence-electron chi connectivity index (χ4n) is 2.84. The van der Waals surface area contributed by atoms with Crippen LogP contribution in [0.5, 0.6) is 11.6 Å². The Morgan fingerprint density at radius 3 is 2.62 bits per heavy atom. The molecule has 146 valence electrons. The molecule has 0 saturated carbocycles. The molecule has 0 aliphatic heterocycles. The third-order valence-electron chi connectivity index (χ3n) is 4.45. The summed E-state index contributed by atoms with van der Waals surface area (Å²) in [5, 5.41) is 2.89. The van der Waals surface area contributed by atoms with Crippen LogP contribution in [0.25, 0.3) is 11.1 Å². The third kappa shape index (κ3) is 4.11. The summed E-state index contributed by atoms with van der Waals surface area (Å²) in [6, 6.07) is 16.1. The number of hydrogen-bond donors (Lipinski definition) is 1. The topological polar surface area (TPSA) is 77.2 Å². The standard InChI is InChI=1S/C23H21N3O3/c1-14(2)22-26-19-13-17(8-11-20(19)29-22)25-21(27)16-6-9-18(10-7-16)28-23-15(3)5-4-12-24-23/h4-14H,1-3H3,(H,25,27). The van der Waals surface area contributed by atoms with Crippen molar-refractivity contribution in [3.8, 4) is 11.6 Å². The lowest BCUT2D eigenvalue weighted by molar-refractivity contribution is 0.102. The van der Waals surface area contributed by atoms with Crippen molar-refractivity contribution >= 4 is 22.7 Å². The van der Waals surface area contributed by atoms with Gasteiger partial charge in [0.25, 0.3) is 5.91 Å². The van der Waals surface area contributed by atoms with Gasteiger partial charge in [-0.2, -0.15) is 0 Å². The Morgan fingerprint density at radius 2 is 1.90 bits per heavy atom. The second-order valence-electron chi connectivity index (χ2n) is 7.10. The van der Waals surface area contributed by atoms with Crippen molar-refractivity contribution in [3.05, 3.63) is 77.8 Å². The number of aryl methyl sites for hydroxylation is 1. The molecule has 4 rings (SSSR count). The lowest BCUT2D eigenvalue weighted by Gasteiger charge is -2.08. The van der Waals surface area contributed by atoms with Crippen molar-refractivity contribution in [1.82, 2.24) is 9.97 Å². The maximum Gasteiger partial charge on any atom is 0.255 e. The predicted octanol–water partition coefficient (Wildman–Crippen LogP) is 5.70. The molecule has 1 amide bonds. The number of ether oxygens (including phenoxy) is 1. The number of oxazole rings is 1. The van der Waals surface area contributed by atoms with Crippen LogP contribution in [0.4, 0.5) is 5.69 Å². The van der Waals surface area contributed by atoms with Gasteiger partial charge in [-0.25, -0.2) is 9.97 Å². The van der Waals surface area contributed by atoms with Crippen LogP contribution < -0.4 is 10.1 Å². The number of carbonyl (C=O) groups is 1. The Bertz CT molecular complexity index is 1160. The van der Waals surface area contributed by atoms with Gasteiger partial charge in [-0.3, -0.25) is 4.79 Å². The Balaban J connectivity index is 1.47. The molecule has 2 aromatic carbocycles. The molecule has 4 aromatic rings. The largest absolute Gasteiger partial charge is 0.440 e. The van der Waals surface area contributed by atoms with Gasteiger partial charge in [0, 0.05) is 28.9 Å². The zero-order valence-electron chi connectivity index (χ0n) is 16.5. The van der Waals surface area contributed by atoms with Crippen LogP contribution in [0.15, 0.2) is 65.2 Å². The summed E-state index contributed by atoms with van der Waals surface area (Å²) in [4.78, 5) is 21.3. The fourth-order valence-corrected chi connectivity index (χ4v) is 2.84. The summed E-state index contributed by atoms with van der Waals surface area (Å²) in [7, 11) is 0. The Hall–Kier alpha value is -3.67. The normalized spacial score (nSPS) is 11.0. The van der Waals surface area contributed by atoms with Gasteiger partial charge < -0.3 is 14.5 Å². The SMILES string of the molecule is Cc1cccnc1Oc1ccc(C(=O)Nc2ccc3oc(C(C)C)nc3c2)cc1. The van der Waals surface area contributed by atoms with E-state index in [0.717, 1.165) is 11.1 Å². The van der Waals surface area contributed by atoms with E-state index < -0.39 is 0 Å². The van der Waals surface area contributed by atoms with Gasteiger partial charge >= 0.3 is 0 Å². The minimum absolute atomic E-state index is 0.205. The van der Waals surface area contributed by atoms with Crippen molar-refractivity contribution in [2.24, 2.45) is 0 Å². The molecule has 2 aromatic heterocycles.